The molecule has 1 fully saturated rings. The molecule has 17 heavy (non-hydrogen) atoms. The van der Waals surface area contributed by atoms with Crippen LogP contribution in [-0.4, -0.2) is 18.6 Å². The predicted octanol–water partition coefficient (Wildman–Crippen LogP) is 3.19. The molecule has 0 saturated carbocycles. The highest BCUT2D eigenvalue weighted by Gasteiger charge is 2.16. The Bertz CT molecular complexity index is 372. The summed E-state index contributed by atoms with van der Waals surface area (Å²) < 4.78 is 6.65. The second-order valence-electron chi connectivity index (χ2n) is 4.23. The van der Waals surface area contributed by atoms with Gasteiger partial charge in [-0.05, 0) is 66.1 Å². The highest BCUT2D eigenvalue weighted by atomic mass is 127. The molecule has 1 aliphatic heterocycles. The molecule has 0 radical (unpaired) electrons. The lowest BCUT2D eigenvalue weighted by Crippen LogP contribution is -2.15. The van der Waals surface area contributed by atoms with Crippen molar-refractivity contribution in [2.24, 2.45) is 0 Å². The van der Waals surface area contributed by atoms with E-state index in [1.54, 1.807) is 0 Å². The summed E-state index contributed by atoms with van der Waals surface area (Å²) in [4.78, 5) is 11.7. The normalized spacial score (nSPS) is 19.2. The molecule has 0 aromatic heterocycles. The highest BCUT2D eigenvalue weighted by molar-refractivity contribution is 14.1. The van der Waals surface area contributed by atoms with Crippen molar-refractivity contribution < 1.29 is 9.53 Å². The summed E-state index contributed by atoms with van der Waals surface area (Å²) in [6.07, 6.45) is 3.88. The van der Waals surface area contributed by atoms with E-state index in [-0.39, 0.29) is 12.0 Å². The van der Waals surface area contributed by atoms with Crippen LogP contribution in [-0.2, 0) is 9.53 Å². The van der Waals surface area contributed by atoms with Crippen molar-refractivity contribution in [1.29, 1.82) is 0 Å². The average molecular weight is 345 g/mol. The third kappa shape index (κ3) is 4.27. The van der Waals surface area contributed by atoms with Crippen LogP contribution in [0.1, 0.15) is 25.7 Å². The molecule has 0 spiro atoms. The Morgan fingerprint density at radius 2 is 2.18 bits per heavy atom. The molecule has 2 rings (SSSR count). The first-order valence-electron chi connectivity index (χ1n) is 5.91. The van der Waals surface area contributed by atoms with Crippen LogP contribution in [0.5, 0.6) is 0 Å². The molecule has 4 heteroatoms. The minimum absolute atomic E-state index is 0.0710. The van der Waals surface area contributed by atoms with Crippen LogP contribution in [0.15, 0.2) is 24.3 Å². The number of hydrogen-bond donors (Lipinski definition) is 1. The molecule has 0 aliphatic carbocycles. The number of anilines is 1. The van der Waals surface area contributed by atoms with Gasteiger partial charge in [-0.3, -0.25) is 4.79 Å². The lowest BCUT2D eigenvalue weighted by atomic mass is 10.1. The Labute approximate surface area is 115 Å². The van der Waals surface area contributed by atoms with Gasteiger partial charge in [-0.15, -0.1) is 0 Å². The maximum Gasteiger partial charge on any atom is 0.224 e. The molecule has 1 aromatic carbocycles. The molecule has 92 valence electrons. The van der Waals surface area contributed by atoms with Gasteiger partial charge in [-0.1, -0.05) is 0 Å². The first-order valence-corrected chi connectivity index (χ1v) is 6.99. The van der Waals surface area contributed by atoms with Crippen LogP contribution >= 0.6 is 22.6 Å². The van der Waals surface area contributed by atoms with E-state index < -0.39 is 0 Å². The summed E-state index contributed by atoms with van der Waals surface area (Å²) in [6.45, 7) is 0.851. The quantitative estimate of drug-likeness (QED) is 0.852. The minimum atomic E-state index is 0.0710. The highest BCUT2D eigenvalue weighted by Crippen LogP contribution is 2.17. The van der Waals surface area contributed by atoms with E-state index in [0.717, 1.165) is 31.6 Å². The summed E-state index contributed by atoms with van der Waals surface area (Å²) in [6, 6.07) is 7.81. The fraction of sp³-hybridized carbons (Fsp3) is 0.462. The number of ether oxygens (including phenoxy) is 1. The van der Waals surface area contributed by atoms with E-state index in [9.17, 15) is 4.79 Å². The number of hydrogen-bond acceptors (Lipinski definition) is 2. The standard InChI is InChI=1S/C13H16INO2/c14-10-3-5-11(6-4-10)15-13(16)8-7-12-2-1-9-17-12/h3-6,12H,1-2,7-9H2,(H,15,16). The zero-order valence-electron chi connectivity index (χ0n) is 9.62. The third-order valence-electron chi connectivity index (χ3n) is 2.85. The van der Waals surface area contributed by atoms with E-state index in [1.165, 1.54) is 3.57 Å². The maximum absolute atomic E-state index is 11.7. The van der Waals surface area contributed by atoms with Crippen molar-refractivity contribution in [3.8, 4) is 0 Å². The lowest BCUT2D eigenvalue weighted by molar-refractivity contribution is -0.116. The number of carbonyl (C=O) groups is 1. The second kappa shape index (κ2) is 6.35. The van der Waals surface area contributed by atoms with Crippen molar-refractivity contribution in [1.82, 2.24) is 0 Å². The first kappa shape index (κ1) is 12.8. The van der Waals surface area contributed by atoms with Gasteiger partial charge in [0.05, 0.1) is 6.10 Å². The zero-order chi connectivity index (χ0) is 12.1. The summed E-state index contributed by atoms with van der Waals surface area (Å²) in [5.74, 6) is 0.0710. The van der Waals surface area contributed by atoms with Gasteiger partial charge in [0, 0.05) is 22.3 Å². The lowest BCUT2D eigenvalue weighted by Gasteiger charge is -2.09. The van der Waals surface area contributed by atoms with Crippen molar-refractivity contribution in [3.05, 3.63) is 27.8 Å². The second-order valence-corrected chi connectivity index (χ2v) is 5.47. The van der Waals surface area contributed by atoms with Crippen molar-refractivity contribution in [2.45, 2.75) is 31.8 Å². The van der Waals surface area contributed by atoms with Crippen LogP contribution in [0.2, 0.25) is 0 Å². The molecule has 1 N–H and O–H groups in total. The molecular weight excluding hydrogens is 329 g/mol. The molecule has 1 aromatic rings. The fourth-order valence-corrected chi connectivity index (χ4v) is 2.28. The predicted molar refractivity (Wildman–Crippen MR) is 76.0 cm³/mol. The monoisotopic (exact) mass is 345 g/mol. The van der Waals surface area contributed by atoms with Crippen molar-refractivity contribution in [3.63, 3.8) is 0 Å². The number of halogens is 1. The van der Waals surface area contributed by atoms with Gasteiger partial charge in [-0.2, -0.15) is 0 Å². The Hall–Kier alpha value is -0.620. The van der Waals surface area contributed by atoms with Gasteiger partial charge < -0.3 is 10.1 Å². The van der Waals surface area contributed by atoms with Gasteiger partial charge in [0.1, 0.15) is 0 Å². The van der Waals surface area contributed by atoms with Crippen LogP contribution in [0.4, 0.5) is 5.69 Å². The van der Waals surface area contributed by atoms with Crippen LogP contribution < -0.4 is 5.32 Å². The minimum Gasteiger partial charge on any atom is -0.378 e. The number of nitrogens with one attached hydrogen (secondary N) is 1. The summed E-state index contributed by atoms with van der Waals surface area (Å²) in [7, 11) is 0. The molecule has 1 aliphatic rings. The van der Waals surface area contributed by atoms with Gasteiger partial charge in [0.2, 0.25) is 5.91 Å². The molecule has 0 bridgehead atoms. The fourth-order valence-electron chi connectivity index (χ4n) is 1.92. The Morgan fingerprint density at radius 1 is 1.41 bits per heavy atom. The molecule has 1 heterocycles. The van der Waals surface area contributed by atoms with E-state index in [4.69, 9.17) is 4.74 Å². The number of rotatable bonds is 4. The molecule has 1 amide bonds. The maximum atomic E-state index is 11.7. The Balaban J connectivity index is 1.74. The molecule has 1 unspecified atom stereocenters. The number of carbonyl (C=O) groups excluding carboxylic acids is 1. The molecule has 1 atom stereocenters. The van der Waals surface area contributed by atoms with Crippen LogP contribution in [0.3, 0.4) is 0 Å². The topological polar surface area (TPSA) is 38.3 Å². The molecular formula is C13H16INO2. The van der Waals surface area contributed by atoms with E-state index in [0.29, 0.717) is 6.42 Å². The Kier molecular flexibility index (Phi) is 4.79. The van der Waals surface area contributed by atoms with E-state index in [1.807, 2.05) is 24.3 Å². The van der Waals surface area contributed by atoms with E-state index in [2.05, 4.69) is 27.9 Å². The van der Waals surface area contributed by atoms with Gasteiger partial charge >= 0.3 is 0 Å². The van der Waals surface area contributed by atoms with Crippen LogP contribution in [0.25, 0.3) is 0 Å². The third-order valence-corrected chi connectivity index (χ3v) is 3.56. The molecule has 1 saturated heterocycles. The first-order chi connectivity index (χ1) is 8.24. The van der Waals surface area contributed by atoms with Crippen LogP contribution in [0, 0.1) is 3.57 Å². The molecule has 3 nitrogen and oxygen atoms in total. The van der Waals surface area contributed by atoms with Gasteiger partial charge in [0.15, 0.2) is 0 Å². The van der Waals surface area contributed by atoms with E-state index >= 15 is 0 Å². The summed E-state index contributed by atoms with van der Waals surface area (Å²) >= 11 is 2.24. The van der Waals surface area contributed by atoms with Gasteiger partial charge in [-0.25, -0.2) is 0 Å². The average Bonchev–Trinajstić information content (AvgIpc) is 2.83. The summed E-state index contributed by atoms with van der Waals surface area (Å²) in [5.41, 5.74) is 0.864. The largest absolute Gasteiger partial charge is 0.378 e. The summed E-state index contributed by atoms with van der Waals surface area (Å²) in [5, 5.41) is 2.90. The van der Waals surface area contributed by atoms with Crippen molar-refractivity contribution >= 4 is 34.2 Å². The zero-order valence-corrected chi connectivity index (χ0v) is 11.8. The number of amides is 1. The SMILES string of the molecule is O=C(CCC1CCCO1)Nc1ccc(I)cc1. The number of benzene rings is 1. The van der Waals surface area contributed by atoms with Gasteiger partial charge in [0.25, 0.3) is 0 Å². The smallest absolute Gasteiger partial charge is 0.224 e. The Morgan fingerprint density at radius 3 is 2.82 bits per heavy atom. The van der Waals surface area contributed by atoms with Crippen molar-refractivity contribution in [2.75, 3.05) is 11.9 Å².